The van der Waals surface area contributed by atoms with Crippen LogP contribution in [0.2, 0.25) is 0 Å². The lowest BCUT2D eigenvalue weighted by Crippen LogP contribution is -2.23. The highest BCUT2D eigenvalue weighted by atomic mass is 79.9. The lowest BCUT2D eigenvalue weighted by atomic mass is 10.1. The molecule has 0 unspecified atom stereocenters. The number of non-ortho nitro benzene ring substituents is 1. The van der Waals surface area contributed by atoms with Gasteiger partial charge in [0.1, 0.15) is 5.82 Å². The molecular weight excluding hydrogens is 546 g/mol. The third kappa shape index (κ3) is 4.65. The first-order valence-electron chi connectivity index (χ1n) is 12.4. The number of aromatic nitrogens is 3. The van der Waals surface area contributed by atoms with Gasteiger partial charge in [-0.3, -0.25) is 14.9 Å². The minimum absolute atomic E-state index is 0.0317. The zero-order chi connectivity index (χ0) is 27.0. The number of halogens is 1. The van der Waals surface area contributed by atoms with Crippen LogP contribution in [0.1, 0.15) is 48.8 Å². The van der Waals surface area contributed by atoms with Gasteiger partial charge in [0.15, 0.2) is 0 Å². The molecule has 0 saturated carbocycles. The number of hydrogen-bond donors (Lipinski definition) is 0. The summed E-state index contributed by atoms with van der Waals surface area (Å²) in [5.74, 6) is 0.644. The summed E-state index contributed by atoms with van der Waals surface area (Å²) in [5.41, 5.74) is 4.11. The second-order valence-corrected chi connectivity index (χ2v) is 10.2. The van der Waals surface area contributed by atoms with E-state index in [1.165, 1.54) is 10.7 Å². The van der Waals surface area contributed by atoms with Gasteiger partial charge in [-0.25, -0.2) is 4.98 Å². The summed E-state index contributed by atoms with van der Waals surface area (Å²) in [7, 11) is 0. The second-order valence-electron chi connectivity index (χ2n) is 9.33. The van der Waals surface area contributed by atoms with Gasteiger partial charge >= 0.3 is 0 Å². The van der Waals surface area contributed by atoms with Crippen LogP contribution in [0.3, 0.4) is 0 Å². The predicted octanol–water partition coefficient (Wildman–Crippen LogP) is 6.77. The van der Waals surface area contributed by atoms with Gasteiger partial charge in [-0.2, -0.15) is 9.78 Å². The summed E-state index contributed by atoms with van der Waals surface area (Å²) in [5, 5.41) is 17.4. The summed E-state index contributed by atoms with van der Waals surface area (Å²) in [6.45, 7) is 6.55. The molecule has 3 aromatic carbocycles. The summed E-state index contributed by atoms with van der Waals surface area (Å²) in [6.07, 6.45) is 2.53. The fourth-order valence-corrected chi connectivity index (χ4v) is 5.03. The van der Waals surface area contributed by atoms with Gasteiger partial charge in [0.25, 0.3) is 11.2 Å². The molecule has 0 aliphatic rings. The van der Waals surface area contributed by atoms with Crippen molar-refractivity contribution in [2.24, 2.45) is 5.10 Å². The van der Waals surface area contributed by atoms with E-state index in [1.807, 2.05) is 56.3 Å². The molecule has 0 amide bonds. The van der Waals surface area contributed by atoms with Gasteiger partial charge in [-0.05, 0) is 43.2 Å². The standard InChI is InChI=1S/C29H26BrN5O3/c1-4-18(2)28-32-26-13-12-21(30)15-24(26)29(36)34(28)31-16-25-19(3)33(27-11-6-5-10-23(25)27)17-20-8-7-9-22(14-20)35(37)38/h5-16,18H,4,17H2,1-3H3/t18-/m0/s1. The lowest BCUT2D eigenvalue weighted by molar-refractivity contribution is -0.384. The van der Waals surface area contributed by atoms with Crippen LogP contribution in [0.4, 0.5) is 5.69 Å². The van der Waals surface area contributed by atoms with Crippen LogP contribution in [0.25, 0.3) is 21.8 Å². The largest absolute Gasteiger partial charge is 0.340 e. The van der Waals surface area contributed by atoms with Crippen LogP contribution in [-0.2, 0) is 6.54 Å². The molecule has 0 saturated heterocycles. The Morgan fingerprint density at radius 3 is 2.66 bits per heavy atom. The Balaban J connectivity index is 1.65. The summed E-state index contributed by atoms with van der Waals surface area (Å²) in [6, 6.07) is 20.1. The fraction of sp³-hybridized carbons (Fsp3) is 0.207. The number of nitro groups is 1. The molecule has 192 valence electrons. The van der Waals surface area contributed by atoms with Crippen molar-refractivity contribution in [2.75, 3.05) is 0 Å². The summed E-state index contributed by atoms with van der Waals surface area (Å²) in [4.78, 5) is 29.2. The zero-order valence-electron chi connectivity index (χ0n) is 21.3. The average molecular weight is 572 g/mol. The number of rotatable bonds is 7. The van der Waals surface area contributed by atoms with Crippen LogP contribution < -0.4 is 5.56 Å². The van der Waals surface area contributed by atoms with Crippen molar-refractivity contribution in [2.45, 2.75) is 39.7 Å². The maximum atomic E-state index is 13.6. The minimum Gasteiger partial charge on any atom is -0.340 e. The van der Waals surface area contributed by atoms with Crippen molar-refractivity contribution in [3.63, 3.8) is 0 Å². The van der Waals surface area contributed by atoms with Gasteiger partial charge in [0, 0.05) is 51.2 Å². The van der Waals surface area contributed by atoms with Crippen LogP contribution in [0.15, 0.2) is 81.1 Å². The SMILES string of the molecule is CC[C@H](C)c1nc2ccc(Br)cc2c(=O)n1N=Cc1c(C)n(Cc2cccc([N+](=O)[O-])c2)c2ccccc12. The van der Waals surface area contributed by atoms with Crippen LogP contribution >= 0.6 is 15.9 Å². The summed E-state index contributed by atoms with van der Waals surface area (Å²) < 4.78 is 4.33. The molecule has 1 atom stereocenters. The Labute approximate surface area is 227 Å². The molecule has 8 nitrogen and oxygen atoms in total. The molecule has 0 radical (unpaired) electrons. The highest BCUT2D eigenvalue weighted by Crippen LogP contribution is 2.27. The van der Waals surface area contributed by atoms with Crippen LogP contribution in [0.5, 0.6) is 0 Å². The van der Waals surface area contributed by atoms with Crippen molar-refractivity contribution >= 4 is 49.6 Å². The molecule has 5 rings (SSSR count). The second kappa shape index (κ2) is 10.3. The van der Waals surface area contributed by atoms with Gasteiger partial charge in [0.2, 0.25) is 0 Å². The normalized spacial score (nSPS) is 12.5. The topological polar surface area (TPSA) is 95.3 Å². The Bertz CT molecular complexity index is 1790. The first-order valence-corrected chi connectivity index (χ1v) is 13.2. The molecule has 0 aliphatic carbocycles. The van der Waals surface area contributed by atoms with Gasteiger partial charge in [0.05, 0.1) is 22.0 Å². The molecule has 5 aromatic rings. The number of para-hydroxylation sites is 1. The minimum atomic E-state index is -0.384. The first kappa shape index (κ1) is 25.5. The first-order chi connectivity index (χ1) is 18.3. The monoisotopic (exact) mass is 571 g/mol. The number of nitro benzene ring substituents is 1. The molecular formula is C29H26BrN5O3. The number of fused-ring (bicyclic) bond motifs is 2. The Hall–Kier alpha value is -4.11. The Morgan fingerprint density at radius 1 is 1.11 bits per heavy atom. The Morgan fingerprint density at radius 2 is 1.89 bits per heavy atom. The zero-order valence-corrected chi connectivity index (χ0v) is 22.8. The van der Waals surface area contributed by atoms with E-state index in [1.54, 1.807) is 24.4 Å². The quantitative estimate of drug-likeness (QED) is 0.122. The van der Waals surface area contributed by atoms with Crippen LogP contribution in [0, 0.1) is 17.0 Å². The van der Waals surface area contributed by atoms with E-state index in [0.717, 1.165) is 38.6 Å². The molecule has 0 N–H and O–H groups in total. The molecule has 9 heteroatoms. The van der Waals surface area contributed by atoms with E-state index in [9.17, 15) is 14.9 Å². The highest BCUT2D eigenvalue weighted by molar-refractivity contribution is 9.10. The molecule has 0 bridgehead atoms. The average Bonchev–Trinajstić information content (AvgIpc) is 3.18. The van der Waals surface area contributed by atoms with Gasteiger partial charge < -0.3 is 4.57 Å². The lowest BCUT2D eigenvalue weighted by Gasteiger charge is -2.14. The van der Waals surface area contributed by atoms with Gasteiger partial charge in [-0.1, -0.05) is 60.1 Å². The van der Waals surface area contributed by atoms with Gasteiger partial charge in [-0.15, -0.1) is 0 Å². The highest BCUT2D eigenvalue weighted by Gasteiger charge is 2.17. The molecule has 0 spiro atoms. The maximum Gasteiger partial charge on any atom is 0.282 e. The maximum absolute atomic E-state index is 13.6. The van der Waals surface area contributed by atoms with E-state index in [-0.39, 0.29) is 22.1 Å². The number of hydrogen-bond acceptors (Lipinski definition) is 5. The third-order valence-corrected chi connectivity index (χ3v) is 7.42. The third-order valence-electron chi connectivity index (χ3n) is 6.93. The van der Waals surface area contributed by atoms with E-state index in [2.05, 4.69) is 27.4 Å². The van der Waals surface area contributed by atoms with Crippen molar-refractivity contribution in [3.05, 3.63) is 114 Å². The predicted molar refractivity (Wildman–Crippen MR) is 154 cm³/mol. The number of nitrogens with zero attached hydrogens (tertiary/aromatic N) is 5. The summed E-state index contributed by atoms with van der Waals surface area (Å²) >= 11 is 3.45. The Kier molecular flexibility index (Phi) is 6.94. The molecule has 2 aromatic heterocycles. The van der Waals surface area contributed by atoms with Crippen molar-refractivity contribution in [1.82, 2.24) is 14.2 Å². The van der Waals surface area contributed by atoms with E-state index >= 15 is 0 Å². The fourth-order valence-electron chi connectivity index (χ4n) is 4.67. The van der Waals surface area contributed by atoms with Crippen molar-refractivity contribution in [1.29, 1.82) is 0 Å². The number of benzene rings is 3. The van der Waals surface area contributed by atoms with E-state index in [4.69, 9.17) is 10.1 Å². The molecule has 38 heavy (non-hydrogen) atoms. The molecule has 2 heterocycles. The molecule has 0 fully saturated rings. The smallest absolute Gasteiger partial charge is 0.282 e. The van der Waals surface area contributed by atoms with Crippen molar-refractivity contribution in [3.8, 4) is 0 Å². The van der Waals surface area contributed by atoms with E-state index in [0.29, 0.717) is 23.3 Å². The van der Waals surface area contributed by atoms with Crippen molar-refractivity contribution < 1.29 is 4.92 Å². The van der Waals surface area contributed by atoms with Crippen LogP contribution in [-0.4, -0.2) is 25.4 Å². The molecule has 0 aliphatic heterocycles. The van der Waals surface area contributed by atoms with E-state index < -0.39 is 0 Å².